The number of aromatic nitrogens is 2. The van der Waals surface area contributed by atoms with Gasteiger partial charge in [0.2, 0.25) is 11.8 Å². The number of rotatable bonds is 6. The Balaban J connectivity index is 1.33. The Morgan fingerprint density at radius 3 is 2.54 bits per heavy atom. The van der Waals surface area contributed by atoms with E-state index in [1.165, 1.54) is 6.07 Å². The van der Waals surface area contributed by atoms with Crippen LogP contribution < -0.4 is 4.90 Å². The molecule has 1 aliphatic carbocycles. The highest BCUT2D eigenvalue weighted by molar-refractivity contribution is 7.15. The number of hydrogen-bond acceptors (Lipinski definition) is 6. The van der Waals surface area contributed by atoms with Crippen molar-refractivity contribution in [3.05, 3.63) is 53.7 Å². The minimum absolute atomic E-state index is 0.00200. The van der Waals surface area contributed by atoms with Gasteiger partial charge in [0, 0.05) is 47.5 Å². The molecule has 4 aromatic rings. The van der Waals surface area contributed by atoms with Crippen LogP contribution >= 0.6 is 11.3 Å². The number of benzene rings is 1. The summed E-state index contributed by atoms with van der Waals surface area (Å²) in [7, 11) is 0. The number of carbonyl (C=O) groups excluding carboxylic acids is 1. The maximum Gasteiger partial charge on any atom is 0.341 e. The van der Waals surface area contributed by atoms with Crippen LogP contribution in [0.5, 0.6) is 0 Å². The summed E-state index contributed by atoms with van der Waals surface area (Å²) in [5, 5.41) is 12.0. The van der Waals surface area contributed by atoms with Crippen LogP contribution in [-0.2, 0) is 9.53 Å². The molecule has 0 spiro atoms. The maximum absolute atomic E-state index is 13.8. The van der Waals surface area contributed by atoms with Gasteiger partial charge in [-0.3, -0.25) is 14.1 Å². The second-order valence-corrected chi connectivity index (χ2v) is 11.0. The summed E-state index contributed by atoms with van der Waals surface area (Å²) in [6.45, 7) is 3.13. The van der Waals surface area contributed by atoms with Gasteiger partial charge in [-0.1, -0.05) is 31.2 Å². The molecule has 0 bridgehead atoms. The van der Waals surface area contributed by atoms with Crippen LogP contribution in [0.2, 0.25) is 0 Å². The van der Waals surface area contributed by atoms with E-state index in [-0.39, 0.29) is 29.3 Å². The van der Waals surface area contributed by atoms with Crippen LogP contribution in [-0.4, -0.2) is 45.6 Å². The summed E-state index contributed by atoms with van der Waals surface area (Å²) < 4.78 is 13.8. The highest BCUT2D eigenvalue weighted by Crippen LogP contribution is 2.38. The van der Waals surface area contributed by atoms with E-state index in [9.17, 15) is 14.7 Å². The molecule has 37 heavy (non-hydrogen) atoms. The smallest absolute Gasteiger partial charge is 0.341 e. The van der Waals surface area contributed by atoms with Gasteiger partial charge in [-0.05, 0) is 38.0 Å². The molecule has 1 saturated carbocycles. The summed E-state index contributed by atoms with van der Waals surface area (Å²) in [4.78, 5) is 33.2. The molecule has 2 aliphatic rings. The second kappa shape index (κ2) is 9.79. The largest absolute Gasteiger partial charge is 0.477 e. The van der Waals surface area contributed by atoms with Crippen molar-refractivity contribution in [3.63, 3.8) is 0 Å². The molecular weight excluding hydrogens is 490 g/mol. The van der Waals surface area contributed by atoms with Crippen LogP contribution in [0.3, 0.4) is 0 Å². The normalized spacial score (nSPS) is 21.9. The number of carbonyl (C=O) groups is 2. The summed E-state index contributed by atoms with van der Waals surface area (Å²) in [6.07, 6.45) is 8.23. The van der Waals surface area contributed by atoms with Crippen molar-refractivity contribution in [1.82, 2.24) is 9.38 Å². The van der Waals surface area contributed by atoms with Gasteiger partial charge in [0.25, 0.3) is 0 Å². The van der Waals surface area contributed by atoms with Crippen molar-refractivity contribution in [3.8, 4) is 22.6 Å². The van der Waals surface area contributed by atoms with Gasteiger partial charge in [-0.15, -0.1) is 11.3 Å². The number of thiazole rings is 1. The third-order valence-corrected chi connectivity index (χ3v) is 8.36. The maximum atomic E-state index is 13.8. The van der Waals surface area contributed by atoms with E-state index in [0.29, 0.717) is 31.3 Å². The Morgan fingerprint density at radius 2 is 1.86 bits per heavy atom. The molecule has 0 radical (unpaired) electrons. The molecule has 192 valence electrons. The van der Waals surface area contributed by atoms with E-state index in [2.05, 4.69) is 11.9 Å². The fourth-order valence-electron chi connectivity index (χ4n) is 5.40. The minimum Gasteiger partial charge on any atom is -0.477 e. The van der Waals surface area contributed by atoms with E-state index in [4.69, 9.17) is 9.15 Å². The quantitative estimate of drug-likeness (QED) is 0.337. The highest BCUT2D eigenvalue weighted by Gasteiger charge is 2.38. The van der Waals surface area contributed by atoms with Crippen molar-refractivity contribution < 1.29 is 23.8 Å². The average Bonchev–Trinajstić information content (AvgIpc) is 3.69. The molecule has 1 aromatic carbocycles. The first kappa shape index (κ1) is 23.9. The molecule has 6 rings (SSSR count). The van der Waals surface area contributed by atoms with E-state index in [0.717, 1.165) is 47.5 Å². The number of furan rings is 1. The van der Waals surface area contributed by atoms with Crippen LogP contribution in [0.15, 0.2) is 52.5 Å². The standard InChI is InChI=1S/C28H29N3O5S/c1-17-2-4-20(5-3-17)25(32)31(21-10-12-35-16-21)26-22(27(33)34)14-24(36-26)19-8-6-18(7-9-19)23-15-30-11-13-37-28(30)29-23/h6-9,11,13-15,17,20-21H,2-5,10,12,16H2,1H3,(H,33,34)/t17-,20-,21?. The first-order valence-electron chi connectivity index (χ1n) is 12.8. The van der Waals surface area contributed by atoms with Crippen LogP contribution in [0, 0.1) is 11.8 Å². The number of imidazole rings is 1. The van der Waals surface area contributed by atoms with Crippen LogP contribution in [0.25, 0.3) is 27.5 Å². The molecule has 1 atom stereocenters. The predicted molar refractivity (Wildman–Crippen MR) is 141 cm³/mol. The van der Waals surface area contributed by atoms with E-state index in [1.54, 1.807) is 16.2 Å². The molecule has 1 unspecified atom stereocenters. The molecule has 9 heteroatoms. The zero-order chi connectivity index (χ0) is 25.5. The summed E-state index contributed by atoms with van der Waals surface area (Å²) in [5.74, 6) is -0.164. The van der Waals surface area contributed by atoms with Gasteiger partial charge in [0.15, 0.2) is 4.96 Å². The van der Waals surface area contributed by atoms with E-state index < -0.39 is 5.97 Å². The van der Waals surface area contributed by atoms with Gasteiger partial charge in [0.05, 0.1) is 18.3 Å². The monoisotopic (exact) mass is 519 g/mol. The zero-order valence-corrected chi connectivity index (χ0v) is 21.4. The number of carboxylic acid groups (broad SMARTS) is 1. The molecule has 2 fully saturated rings. The van der Waals surface area contributed by atoms with Gasteiger partial charge in [-0.2, -0.15) is 0 Å². The molecule has 1 saturated heterocycles. The lowest BCUT2D eigenvalue weighted by molar-refractivity contribution is -0.124. The van der Waals surface area contributed by atoms with Gasteiger partial charge in [-0.25, -0.2) is 9.78 Å². The Hall–Kier alpha value is -3.43. The number of carboxylic acids is 1. The van der Waals surface area contributed by atoms with Gasteiger partial charge < -0.3 is 14.3 Å². The number of aromatic carboxylic acids is 1. The molecule has 1 aliphatic heterocycles. The third kappa shape index (κ3) is 4.57. The summed E-state index contributed by atoms with van der Waals surface area (Å²) in [6, 6.07) is 8.97. The summed E-state index contributed by atoms with van der Waals surface area (Å²) in [5.41, 5.74) is 2.55. The number of anilines is 1. The first-order chi connectivity index (χ1) is 18.0. The van der Waals surface area contributed by atoms with Gasteiger partial charge >= 0.3 is 5.97 Å². The van der Waals surface area contributed by atoms with Crippen molar-refractivity contribution in [2.24, 2.45) is 11.8 Å². The lowest BCUT2D eigenvalue weighted by atomic mass is 9.82. The lowest BCUT2D eigenvalue weighted by Crippen LogP contribution is -2.45. The van der Waals surface area contributed by atoms with Crippen molar-refractivity contribution in [2.75, 3.05) is 18.1 Å². The van der Waals surface area contributed by atoms with Crippen molar-refractivity contribution >= 4 is 34.1 Å². The molecule has 3 aromatic heterocycles. The molecule has 1 amide bonds. The fraction of sp³-hybridized carbons (Fsp3) is 0.393. The minimum atomic E-state index is -1.12. The topological polar surface area (TPSA) is 97.3 Å². The molecule has 8 nitrogen and oxygen atoms in total. The number of amides is 1. The Kier molecular flexibility index (Phi) is 6.34. The van der Waals surface area contributed by atoms with Crippen molar-refractivity contribution in [1.29, 1.82) is 0 Å². The van der Waals surface area contributed by atoms with Crippen LogP contribution in [0.1, 0.15) is 49.4 Å². The number of fused-ring (bicyclic) bond motifs is 1. The third-order valence-electron chi connectivity index (χ3n) is 7.59. The van der Waals surface area contributed by atoms with E-state index >= 15 is 0 Å². The SMILES string of the molecule is C[C@H]1CC[C@H](C(=O)N(c2oc(-c3ccc(-c4cn5ccsc5n4)cc3)cc2C(=O)O)C2CCOC2)CC1. The average molecular weight is 520 g/mol. The number of nitrogens with zero attached hydrogens (tertiary/aromatic N) is 3. The Labute approximate surface area is 218 Å². The Morgan fingerprint density at radius 1 is 1.11 bits per heavy atom. The fourth-order valence-corrected chi connectivity index (χ4v) is 6.10. The lowest BCUT2D eigenvalue weighted by Gasteiger charge is -2.33. The predicted octanol–water partition coefficient (Wildman–Crippen LogP) is 5.97. The highest BCUT2D eigenvalue weighted by atomic mass is 32.1. The van der Waals surface area contributed by atoms with Gasteiger partial charge in [0.1, 0.15) is 11.3 Å². The molecular formula is C28H29N3O5S. The first-order valence-corrected chi connectivity index (χ1v) is 13.7. The van der Waals surface area contributed by atoms with E-state index in [1.807, 2.05) is 46.4 Å². The number of ether oxygens (including phenoxy) is 1. The summed E-state index contributed by atoms with van der Waals surface area (Å²) >= 11 is 1.58. The number of hydrogen-bond donors (Lipinski definition) is 1. The Bertz CT molecular complexity index is 1390. The van der Waals surface area contributed by atoms with Crippen LogP contribution in [0.4, 0.5) is 5.88 Å². The zero-order valence-electron chi connectivity index (χ0n) is 20.6. The van der Waals surface area contributed by atoms with Crippen molar-refractivity contribution in [2.45, 2.75) is 45.1 Å². The molecule has 4 heterocycles. The molecule has 1 N–H and O–H groups in total. The second-order valence-electron chi connectivity index (χ2n) is 10.1.